The molecule has 1 fully saturated rings. The monoisotopic (exact) mass is 244 g/mol. The molecule has 1 aliphatic rings. The average Bonchev–Trinajstić information content (AvgIpc) is 2.17. The SMILES string of the molecule is NC1CC(CNc2cccc(Cl)c2Cl)C1. The summed E-state index contributed by atoms with van der Waals surface area (Å²) in [5, 5.41) is 4.49. The number of benzene rings is 1. The van der Waals surface area contributed by atoms with Crippen molar-refractivity contribution < 1.29 is 0 Å². The van der Waals surface area contributed by atoms with E-state index in [1.54, 1.807) is 6.07 Å². The molecule has 1 aromatic carbocycles. The molecule has 0 atom stereocenters. The van der Waals surface area contributed by atoms with Crippen LogP contribution in [-0.2, 0) is 0 Å². The van der Waals surface area contributed by atoms with E-state index in [1.807, 2.05) is 12.1 Å². The lowest BCUT2D eigenvalue weighted by Gasteiger charge is -2.32. The van der Waals surface area contributed by atoms with Crippen molar-refractivity contribution in [3.63, 3.8) is 0 Å². The van der Waals surface area contributed by atoms with Gasteiger partial charge in [0.25, 0.3) is 0 Å². The lowest BCUT2D eigenvalue weighted by molar-refractivity contribution is 0.280. The van der Waals surface area contributed by atoms with E-state index in [-0.39, 0.29) is 0 Å². The van der Waals surface area contributed by atoms with E-state index >= 15 is 0 Å². The number of hydrogen-bond acceptors (Lipinski definition) is 2. The summed E-state index contributed by atoms with van der Waals surface area (Å²) in [5.74, 6) is 0.676. The molecular formula is C11H14Cl2N2. The van der Waals surface area contributed by atoms with Gasteiger partial charge in [-0.05, 0) is 30.9 Å². The molecule has 15 heavy (non-hydrogen) atoms. The minimum Gasteiger partial charge on any atom is -0.384 e. The smallest absolute Gasteiger partial charge is 0.0823 e. The zero-order chi connectivity index (χ0) is 10.8. The quantitative estimate of drug-likeness (QED) is 0.858. The van der Waals surface area contributed by atoms with Gasteiger partial charge in [0.05, 0.1) is 15.7 Å². The lowest BCUT2D eigenvalue weighted by atomic mass is 9.81. The first-order valence-electron chi connectivity index (χ1n) is 5.10. The Bertz CT molecular complexity index is 348. The van der Waals surface area contributed by atoms with Crippen molar-refractivity contribution in [3.8, 4) is 0 Å². The second-order valence-corrected chi connectivity index (χ2v) is 4.86. The predicted octanol–water partition coefficient (Wildman–Crippen LogP) is 3.14. The summed E-state index contributed by atoms with van der Waals surface area (Å²) in [6.45, 7) is 0.924. The van der Waals surface area contributed by atoms with Gasteiger partial charge < -0.3 is 11.1 Å². The summed E-state index contributed by atoms with van der Waals surface area (Å²) in [6, 6.07) is 6.01. The highest BCUT2D eigenvalue weighted by Crippen LogP contribution is 2.31. The van der Waals surface area contributed by atoms with Crippen LogP contribution >= 0.6 is 23.2 Å². The Labute approximate surface area is 99.7 Å². The lowest BCUT2D eigenvalue weighted by Crippen LogP contribution is -2.39. The van der Waals surface area contributed by atoms with Crippen LogP contribution in [0.1, 0.15) is 12.8 Å². The number of halogens is 2. The van der Waals surface area contributed by atoms with Gasteiger partial charge in [0.1, 0.15) is 0 Å². The number of nitrogens with one attached hydrogen (secondary N) is 1. The van der Waals surface area contributed by atoms with Crippen molar-refractivity contribution in [1.29, 1.82) is 0 Å². The number of rotatable bonds is 3. The molecule has 0 amide bonds. The molecule has 2 nitrogen and oxygen atoms in total. The summed E-state index contributed by atoms with van der Waals surface area (Å²) in [5.41, 5.74) is 6.62. The van der Waals surface area contributed by atoms with E-state index in [0.29, 0.717) is 22.0 Å². The first-order chi connectivity index (χ1) is 7.16. The van der Waals surface area contributed by atoms with Crippen LogP contribution in [0.5, 0.6) is 0 Å². The minimum absolute atomic E-state index is 0.395. The molecule has 2 rings (SSSR count). The second-order valence-electron chi connectivity index (χ2n) is 4.08. The molecule has 0 spiro atoms. The molecule has 0 aliphatic heterocycles. The van der Waals surface area contributed by atoms with Gasteiger partial charge in [0.2, 0.25) is 0 Å². The van der Waals surface area contributed by atoms with E-state index in [1.165, 1.54) is 0 Å². The Morgan fingerprint density at radius 3 is 2.73 bits per heavy atom. The van der Waals surface area contributed by atoms with E-state index in [4.69, 9.17) is 28.9 Å². The third kappa shape index (κ3) is 2.57. The first-order valence-corrected chi connectivity index (χ1v) is 5.86. The fourth-order valence-corrected chi connectivity index (χ4v) is 2.22. The van der Waals surface area contributed by atoms with Gasteiger partial charge in [0, 0.05) is 12.6 Å². The third-order valence-electron chi connectivity index (χ3n) is 2.80. The molecule has 0 aromatic heterocycles. The Balaban J connectivity index is 1.91. The number of nitrogens with two attached hydrogens (primary N) is 1. The molecule has 0 heterocycles. The van der Waals surface area contributed by atoms with Gasteiger partial charge >= 0.3 is 0 Å². The maximum atomic E-state index is 6.05. The van der Waals surface area contributed by atoms with Crippen molar-refractivity contribution in [2.75, 3.05) is 11.9 Å². The number of hydrogen-bond donors (Lipinski definition) is 2. The van der Waals surface area contributed by atoms with Crippen molar-refractivity contribution in [2.45, 2.75) is 18.9 Å². The molecule has 0 unspecified atom stereocenters. The minimum atomic E-state index is 0.395. The summed E-state index contributed by atoms with van der Waals surface area (Å²) in [6.07, 6.45) is 2.20. The van der Waals surface area contributed by atoms with Gasteiger partial charge in [-0.2, -0.15) is 0 Å². The molecule has 1 saturated carbocycles. The maximum Gasteiger partial charge on any atom is 0.0823 e. The molecule has 0 radical (unpaired) electrons. The highest BCUT2D eigenvalue weighted by Gasteiger charge is 2.25. The largest absolute Gasteiger partial charge is 0.384 e. The highest BCUT2D eigenvalue weighted by atomic mass is 35.5. The van der Waals surface area contributed by atoms with Gasteiger partial charge in [-0.15, -0.1) is 0 Å². The van der Waals surface area contributed by atoms with Crippen molar-refractivity contribution >= 4 is 28.9 Å². The van der Waals surface area contributed by atoms with Crippen LogP contribution in [0.4, 0.5) is 5.69 Å². The van der Waals surface area contributed by atoms with Crippen molar-refractivity contribution in [3.05, 3.63) is 28.2 Å². The normalized spacial score (nSPS) is 24.7. The van der Waals surface area contributed by atoms with E-state index < -0.39 is 0 Å². The van der Waals surface area contributed by atoms with Crippen molar-refractivity contribution in [2.24, 2.45) is 11.7 Å². The van der Waals surface area contributed by atoms with E-state index in [9.17, 15) is 0 Å². The number of anilines is 1. The molecule has 82 valence electrons. The van der Waals surface area contributed by atoms with E-state index in [0.717, 1.165) is 25.1 Å². The Morgan fingerprint density at radius 2 is 2.07 bits per heavy atom. The standard InChI is InChI=1S/C11H14Cl2N2/c12-9-2-1-3-10(11(9)13)15-6-7-4-8(14)5-7/h1-3,7-8,15H,4-6,14H2. The summed E-state index contributed by atoms with van der Waals surface area (Å²) in [4.78, 5) is 0. The molecule has 0 saturated heterocycles. The summed E-state index contributed by atoms with van der Waals surface area (Å²) in [7, 11) is 0. The fraction of sp³-hybridized carbons (Fsp3) is 0.455. The zero-order valence-electron chi connectivity index (χ0n) is 8.34. The van der Waals surface area contributed by atoms with Gasteiger partial charge in [-0.1, -0.05) is 29.3 Å². The molecule has 4 heteroatoms. The molecular weight excluding hydrogens is 231 g/mol. The maximum absolute atomic E-state index is 6.05. The summed E-state index contributed by atoms with van der Waals surface area (Å²) >= 11 is 12.0. The van der Waals surface area contributed by atoms with Crippen LogP contribution in [0.2, 0.25) is 10.0 Å². The average molecular weight is 245 g/mol. The topological polar surface area (TPSA) is 38.0 Å². The Hall–Kier alpha value is -0.440. The van der Waals surface area contributed by atoms with Crippen LogP contribution in [0.15, 0.2) is 18.2 Å². The van der Waals surface area contributed by atoms with Crippen LogP contribution in [0.25, 0.3) is 0 Å². The first kappa shape index (κ1) is 11.1. The second kappa shape index (κ2) is 4.60. The van der Waals surface area contributed by atoms with Crippen LogP contribution < -0.4 is 11.1 Å². The summed E-state index contributed by atoms with van der Waals surface area (Å²) < 4.78 is 0. The zero-order valence-corrected chi connectivity index (χ0v) is 9.85. The molecule has 1 aromatic rings. The molecule has 3 N–H and O–H groups in total. The fourth-order valence-electron chi connectivity index (χ4n) is 1.85. The van der Waals surface area contributed by atoms with Crippen LogP contribution in [0, 0.1) is 5.92 Å². The Kier molecular flexibility index (Phi) is 3.39. The van der Waals surface area contributed by atoms with Gasteiger partial charge in [0.15, 0.2) is 0 Å². The van der Waals surface area contributed by atoms with Crippen LogP contribution in [-0.4, -0.2) is 12.6 Å². The van der Waals surface area contributed by atoms with Gasteiger partial charge in [-0.25, -0.2) is 0 Å². The predicted molar refractivity (Wildman–Crippen MR) is 65.7 cm³/mol. The van der Waals surface area contributed by atoms with Gasteiger partial charge in [-0.3, -0.25) is 0 Å². The van der Waals surface area contributed by atoms with Crippen molar-refractivity contribution in [1.82, 2.24) is 0 Å². The molecule has 0 bridgehead atoms. The van der Waals surface area contributed by atoms with Crippen LogP contribution in [0.3, 0.4) is 0 Å². The Morgan fingerprint density at radius 1 is 1.33 bits per heavy atom. The highest BCUT2D eigenvalue weighted by molar-refractivity contribution is 6.43. The third-order valence-corrected chi connectivity index (χ3v) is 3.62. The molecule has 1 aliphatic carbocycles. The van der Waals surface area contributed by atoms with E-state index in [2.05, 4.69) is 5.32 Å².